The Bertz CT molecular complexity index is 216. The fourth-order valence-electron chi connectivity index (χ4n) is 2.66. The lowest BCUT2D eigenvalue weighted by molar-refractivity contribution is -0.666. The summed E-state index contributed by atoms with van der Waals surface area (Å²) in [5.74, 6) is 1.55. The maximum absolute atomic E-state index is 12.2. The summed E-state index contributed by atoms with van der Waals surface area (Å²) in [6.45, 7) is 6.51. The summed E-state index contributed by atoms with van der Waals surface area (Å²) >= 11 is 0. The van der Waals surface area contributed by atoms with Crippen molar-refractivity contribution in [3.63, 3.8) is 0 Å². The lowest BCUT2D eigenvalue weighted by Gasteiger charge is -2.33. The van der Waals surface area contributed by atoms with Crippen molar-refractivity contribution in [3.8, 4) is 0 Å². The summed E-state index contributed by atoms with van der Waals surface area (Å²) in [6.07, 6.45) is 4.71. The Kier molecular flexibility index (Phi) is 3.62. The van der Waals surface area contributed by atoms with Gasteiger partial charge >= 0.3 is 0 Å². The SMILES string of the molecule is CC1CCN(C(=O)[C@@H]2CCC[NH2+]C2)CC1. The van der Waals surface area contributed by atoms with Crippen molar-refractivity contribution in [2.45, 2.75) is 32.6 Å². The molecule has 2 saturated heterocycles. The molecule has 0 aromatic heterocycles. The van der Waals surface area contributed by atoms with Crippen LogP contribution in [-0.4, -0.2) is 37.0 Å². The van der Waals surface area contributed by atoms with E-state index in [0.717, 1.165) is 32.0 Å². The van der Waals surface area contributed by atoms with Gasteiger partial charge in [0.2, 0.25) is 5.91 Å². The van der Waals surface area contributed by atoms with Crippen LogP contribution in [0.25, 0.3) is 0 Å². The van der Waals surface area contributed by atoms with Gasteiger partial charge in [0.05, 0.1) is 19.0 Å². The first-order chi connectivity index (χ1) is 7.27. The molecular weight excluding hydrogens is 188 g/mol. The van der Waals surface area contributed by atoms with E-state index >= 15 is 0 Å². The molecule has 1 atom stereocenters. The number of piperidine rings is 2. The van der Waals surface area contributed by atoms with Gasteiger partial charge in [0.25, 0.3) is 0 Å². The third kappa shape index (κ3) is 2.71. The quantitative estimate of drug-likeness (QED) is 0.662. The average Bonchev–Trinajstić information content (AvgIpc) is 2.30. The second-order valence-corrected chi connectivity index (χ2v) is 5.16. The second-order valence-electron chi connectivity index (χ2n) is 5.16. The fraction of sp³-hybridized carbons (Fsp3) is 0.917. The van der Waals surface area contributed by atoms with Crippen molar-refractivity contribution in [1.29, 1.82) is 0 Å². The average molecular weight is 211 g/mol. The van der Waals surface area contributed by atoms with Crippen molar-refractivity contribution in [3.05, 3.63) is 0 Å². The van der Waals surface area contributed by atoms with E-state index in [-0.39, 0.29) is 0 Å². The number of hydrogen-bond donors (Lipinski definition) is 1. The molecule has 2 fully saturated rings. The molecule has 0 bridgehead atoms. The zero-order valence-corrected chi connectivity index (χ0v) is 9.74. The Morgan fingerprint density at radius 3 is 2.60 bits per heavy atom. The number of amides is 1. The van der Waals surface area contributed by atoms with Crippen LogP contribution >= 0.6 is 0 Å². The Labute approximate surface area is 92.2 Å². The molecule has 3 nitrogen and oxygen atoms in total. The molecule has 0 aromatic rings. The summed E-state index contributed by atoms with van der Waals surface area (Å²) < 4.78 is 0. The predicted molar refractivity (Wildman–Crippen MR) is 59.4 cm³/mol. The summed E-state index contributed by atoms with van der Waals surface area (Å²) in [7, 11) is 0. The van der Waals surface area contributed by atoms with Crippen molar-refractivity contribution >= 4 is 5.91 Å². The van der Waals surface area contributed by atoms with Gasteiger partial charge in [0.15, 0.2) is 0 Å². The topological polar surface area (TPSA) is 36.9 Å². The lowest BCUT2D eigenvalue weighted by atomic mass is 9.94. The molecule has 2 heterocycles. The van der Waals surface area contributed by atoms with Crippen LogP contribution < -0.4 is 5.32 Å². The summed E-state index contributed by atoms with van der Waals surface area (Å²) in [4.78, 5) is 14.3. The van der Waals surface area contributed by atoms with Crippen LogP contribution in [-0.2, 0) is 4.79 Å². The first-order valence-electron chi connectivity index (χ1n) is 6.38. The van der Waals surface area contributed by atoms with E-state index in [9.17, 15) is 4.79 Å². The highest BCUT2D eigenvalue weighted by molar-refractivity contribution is 5.79. The van der Waals surface area contributed by atoms with E-state index in [0.29, 0.717) is 11.8 Å². The summed E-state index contributed by atoms with van der Waals surface area (Å²) in [5.41, 5.74) is 0. The summed E-state index contributed by atoms with van der Waals surface area (Å²) in [6, 6.07) is 0. The van der Waals surface area contributed by atoms with Gasteiger partial charge in [-0.15, -0.1) is 0 Å². The second kappa shape index (κ2) is 4.97. The monoisotopic (exact) mass is 211 g/mol. The fourth-order valence-corrected chi connectivity index (χ4v) is 2.66. The first kappa shape index (κ1) is 10.9. The highest BCUT2D eigenvalue weighted by Crippen LogP contribution is 2.19. The van der Waals surface area contributed by atoms with Crippen molar-refractivity contribution in [2.75, 3.05) is 26.2 Å². The molecule has 2 rings (SSSR count). The smallest absolute Gasteiger partial charge is 0.231 e. The minimum atomic E-state index is 0.312. The number of rotatable bonds is 1. The standard InChI is InChI=1S/C12H22N2O/c1-10-4-7-14(8-5-10)12(15)11-3-2-6-13-9-11/h10-11,13H,2-9H2,1H3/p+1/t11-/m1/s1. The minimum absolute atomic E-state index is 0.312. The van der Waals surface area contributed by atoms with Gasteiger partial charge in [-0.1, -0.05) is 6.92 Å². The molecule has 1 amide bonds. The van der Waals surface area contributed by atoms with Crippen LogP contribution in [0, 0.1) is 11.8 Å². The van der Waals surface area contributed by atoms with Gasteiger partial charge in [0, 0.05) is 13.1 Å². The molecule has 0 spiro atoms. The number of carbonyl (C=O) groups excluding carboxylic acids is 1. The van der Waals surface area contributed by atoms with Crippen LogP contribution in [0.1, 0.15) is 32.6 Å². The van der Waals surface area contributed by atoms with Gasteiger partial charge in [0.1, 0.15) is 0 Å². The molecule has 0 radical (unpaired) electrons. The van der Waals surface area contributed by atoms with Crippen molar-refractivity contribution in [2.24, 2.45) is 11.8 Å². The molecule has 0 aliphatic carbocycles. The van der Waals surface area contributed by atoms with Crippen LogP contribution in [0.5, 0.6) is 0 Å². The van der Waals surface area contributed by atoms with Crippen LogP contribution in [0.3, 0.4) is 0 Å². The van der Waals surface area contributed by atoms with E-state index in [2.05, 4.69) is 17.1 Å². The first-order valence-corrected chi connectivity index (χ1v) is 6.38. The molecule has 0 aromatic carbocycles. The highest BCUT2D eigenvalue weighted by atomic mass is 16.2. The molecule has 0 unspecified atom stereocenters. The number of hydrogen-bond acceptors (Lipinski definition) is 1. The number of nitrogens with zero attached hydrogens (tertiary/aromatic N) is 1. The molecular formula is C12H23N2O+. The summed E-state index contributed by atoms with van der Waals surface area (Å²) in [5, 5.41) is 2.29. The molecule has 2 aliphatic heterocycles. The Balaban J connectivity index is 1.84. The maximum atomic E-state index is 12.2. The van der Waals surface area contributed by atoms with Crippen LogP contribution in [0.4, 0.5) is 0 Å². The van der Waals surface area contributed by atoms with Gasteiger partial charge in [-0.05, 0) is 31.6 Å². The molecule has 3 heteroatoms. The Morgan fingerprint density at radius 1 is 1.27 bits per heavy atom. The Morgan fingerprint density at radius 2 is 2.00 bits per heavy atom. The molecule has 86 valence electrons. The zero-order valence-electron chi connectivity index (χ0n) is 9.74. The Hall–Kier alpha value is -0.570. The number of nitrogens with two attached hydrogens (primary N) is 1. The third-order valence-electron chi connectivity index (χ3n) is 3.86. The normalized spacial score (nSPS) is 29.1. The van der Waals surface area contributed by atoms with E-state index in [1.165, 1.54) is 25.8 Å². The van der Waals surface area contributed by atoms with Crippen LogP contribution in [0.15, 0.2) is 0 Å². The predicted octanol–water partition coefficient (Wildman–Crippen LogP) is 0.218. The number of quaternary nitrogens is 1. The van der Waals surface area contributed by atoms with E-state index in [1.807, 2.05) is 0 Å². The third-order valence-corrected chi connectivity index (χ3v) is 3.86. The van der Waals surface area contributed by atoms with Gasteiger partial charge in [-0.25, -0.2) is 0 Å². The van der Waals surface area contributed by atoms with E-state index in [1.54, 1.807) is 0 Å². The highest BCUT2D eigenvalue weighted by Gasteiger charge is 2.29. The minimum Gasteiger partial charge on any atom is -0.346 e. The molecule has 2 aliphatic rings. The molecule has 0 saturated carbocycles. The van der Waals surface area contributed by atoms with E-state index < -0.39 is 0 Å². The zero-order chi connectivity index (χ0) is 10.7. The largest absolute Gasteiger partial charge is 0.346 e. The van der Waals surface area contributed by atoms with Crippen molar-refractivity contribution in [1.82, 2.24) is 4.90 Å². The van der Waals surface area contributed by atoms with Gasteiger partial charge in [-0.2, -0.15) is 0 Å². The van der Waals surface area contributed by atoms with Gasteiger partial charge in [-0.3, -0.25) is 4.79 Å². The number of carbonyl (C=O) groups is 1. The molecule has 15 heavy (non-hydrogen) atoms. The van der Waals surface area contributed by atoms with Gasteiger partial charge < -0.3 is 10.2 Å². The maximum Gasteiger partial charge on any atom is 0.231 e. The number of likely N-dealkylation sites (tertiary alicyclic amines) is 1. The van der Waals surface area contributed by atoms with Crippen molar-refractivity contribution < 1.29 is 10.1 Å². The lowest BCUT2D eigenvalue weighted by Crippen LogP contribution is -2.87. The van der Waals surface area contributed by atoms with E-state index in [4.69, 9.17) is 0 Å². The van der Waals surface area contributed by atoms with Crippen LogP contribution in [0.2, 0.25) is 0 Å². The molecule has 2 N–H and O–H groups in total.